The quantitative estimate of drug-likeness (QED) is 0.575. The molecule has 62 valence electrons. The fourth-order valence-corrected chi connectivity index (χ4v) is 1.26. The zero-order chi connectivity index (χ0) is 8.10. The summed E-state index contributed by atoms with van der Waals surface area (Å²) in [7, 11) is 0. The minimum atomic E-state index is -0.851. The molecule has 1 aliphatic heterocycles. The highest BCUT2D eigenvalue weighted by molar-refractivity contribution is 5.79. The van der Waals surface area contributed by atoms with E-state index in [0.717, 1.165) is 25.9 Å². The first kappa shape index (κ1) is 8.27. The van der Waals surface area contributed by atoms with E-state index in [1.807, 2.05) is 0 Å². The highest BCUT2D eigenvalue weighted by Gasteiger charge is 2.08. The zero-order valence-corrected chi connectivity index (χ0v) is 6.42. The first-order valence-corrected chi connectivity index (χ1v) is 3.91. The summed E-state index contributed by atoms with van der Waals surface area (Å²) in [4.78, 5) is 10.1. The number of carbonyl (C=O) groups is 1. The maximum absolute atomic E-state index is 10.1. The van der Waals surface area contributed by atoms with Gasteiger partial charge >= 0.3 is 5.97 Å². The van der Waals surface area contributed by atoms with Crippen LogP contribution in [-0.2, 0) is 4.79 Å². The van der Waals surface area contributed by atoms with Crippen LogP contribution in [-0.4, -0.2) is 24.2 Å². The summed E-state index contributed by atoms with van der Waals surface area (Å²) in [6.45, 7) is 1.99. The molecule has 0 radical (unpaired) electrons. The van der Waals surface area contributed by atoms with Gasteiger partial charge in [-0.2, -0.15) is 0 Å². The number of rotatable bonds is 2. The average molecular weight is 155 g/mol. The summed E-state index contributed by atoms with van der Waals surface area (Å²) < 4.78 is 0. The van der Waals surface area contributed by atoms with Gasteiger partial charge in [-0.1, -0.05) is 6.08 Å². The third-order valence-electron chi connectivity index (χ3n) is 1.85. The molecule has 3 heteroatoms. The van der Waals surface area contributed by atoms with Gasteiger partial charge in [0, 0.05) is 12.6 Å². The number of piperidine rings is 1. The van der Waals surface area contributed by atoms with E-state index in [4.69, 9.17) is 5.11 Å². The molecule has 1 atom stereocenters. The second kappa shape index (κ2) is 4.13. The summed E-state index contributed by atoms with van der Waals surface area (Å²) >= 11 is 0. The van der Waals surface area contributed by atoms with E-state index < -0.39 is 5.97 Å². The van der Waals surface area contributed by atoms with Crippen LogP contribution in [0.3, 0.4) is 0 Å². The van der Waals surface area contributed by atoms with Crippen molar-refractivity contribution in [3.63, 3.8) is 0 Å². The fraction of sp³-hybridized carbons (Fsp3) is 0.625. The summed E-state index contributed by atoms with van der Waals surface area (Å²) in [6, 6.07) is 0. The molecule has 3 nitrogen and oxygen atoms in total. The molecule has 0 aromatic heterocycles. The molecule has 11 heavy (non-hydrogen) atoms. The van der Waals surface area contributed by atoms with Crippen molar-refractivity contribution < 1.29 is 9.90 Å². The van der Waals surface area contributed by atoms with Crippen molar-refractivity contribution in [3.05, 3.63) is 12.2 Å². The number of hydrogen-bond donors (Lipinski definition) is 2. The monoisotopic (exact) mass is 155 g/mol. The number of aliphatic carboxylic acids is 1. The Labute approximate surface area is 66.1 Å². The van der Waals surface area contributed by atoms with Crippen LogP contribution in [0.1, 0.15) is 12.8 Å². The molecule has 0 spiro atoms. The Morgan fingerprint density at radius 3 is 3.00 bits per heavy atom. The molecular formula is C8H13NO2. The van der Waals surface area contributed by atoms with Gasteiger partial charge in [0.25, 0.3) is 0 Å². The third kappa shape index (κ3) is 3.18. The summed E-state index contributed by atoms with van der Waals surface area (Å²) in [5.41, 5.74) is 0. The van der Waals surface area contributed by atoms with Crippen LogP contribution < -0.4 is 5.32 Å². The SMILES string of the molecule is O=C(O)C=CC1CCCNC1. The van der Waals surface area contributed by atoms with Gasteiger partial charge in [0.15, 0.2) is 0 Å². The molecule has 0 amide bonds. The minimum absolute atomic E-state index is 0.417. The van der Waals surface area contributed by atoms with Gasteiger partial charge in [-0.05, 0) is 25.3 Å². The molecule has 2 N–H and O–H groups in total. The van der Waals surface area contributed by atoms with Crippen molar-refractivity contribution in [3.8, 4) is 0 Å². The van der Waals surface area contributed by atoms with Crippen LogP contribution in [0.15, 0.2) is 12.2 Å². The summed E-state index contributed by atoms with van der Waals surface area (Å²) in [5, 5.41) is 11.6. The molecule has 1 rings (SSSR count). The summed E-state index contributed by atoms with van der Waals surface area (Å²) in [6.07, 6.45) is 5.26. The van der Waals surface area contributed by atoms with Crippen LogP contribution in [0.5, 0.6) is 0 Å². The first-order chi connectivity index (χ1) is 5.29. The Balaban J connectivity index is 2.29. The van der Waals surface area contributed by atoms with E-state index in [-0.39, 0.29) is 0 Å². The molecule has 1 heterocycles. The zero-order valence-electron chi connectivity index (χ0n) is 6.42. The molecular weight excluding hydrogens is 142 g/mol. The van der Waals surface area contributed by atoms with Crippen molar-refractivity contribution in [2.24, 2.45) is 5.92 Å². The van der Waals surface area contributed by atoms with Gasteiger partial charge in [0.1, 0.15) is 0 Å². The maximum atomic E-state index is 10.1. The van der Waals surface area contributed by atoms with Gasteiger partial charge in [-0.15, -0.1) is 0 Å². The molecule has 0 aliphatic carbocycles. The molecule has 1 unspecified atom stereocenters. The topological polar surface area (TPSA) is 49.3 Å². The Morgan fingerprint density at radius 1 is 1.64 bits per heavy atom. The predicted octanol–water partition coefficient (Wildman–Crippen LogP) is 0.627. The van der Waals surface area contributed by atoms with E-state index in [0.29, 0.717) is 5.92 Å². The van der Waals surface area contributed by atoms with Gasteiger partial charge in [0.2, 0.25) is 0 Å². The summed E-state index contributed by atoms with van der Waals surface area (Å²) in [5.74, 6) is -0.435. The molecule has 0 aromatic rings. The van der Waals surface area contributed by atoms with Crippen LogP contribution in [0.25, 0.3) is 0 Å². The standard InChI is InChI=1S/C8H13NO2/c10-8(11)4-3-7-2-1-5-9-6-7/h3-4,7,9H,1-2,5-6H2,(H,10,11). The van der Waals surface area contributed by atoms with Gasteiger partial charge < -0.3 is 10.4 Å². The fourth-order valence-electron chi connectivity index (χ4n) is 1.26. The highest BCUT2D eigenvalue weighted by atomic mass is 16.4. The van der Waals surface area contributed by atoms with Crippen molar-refractivity contribution in [1.82, 2.24) is 5.32 Å². The Morgan fingerprint density at radius 2 is 2.45 bits per heavy atom. The maximum Gasteiger partial charge on any atom is 0.327 e. The Bertz CT molecular complexity index is 159. The minimum Gasteiger partial charge on any atom is -0.478 e. The lowest BCUT2D eigenvalue weighted by Crippen LogP contribution is -2.28. The van der Waals surface area contributed by atoms with Crippen LogP contribution in [0.4, 0.5) is 0 Å². The Hall–Kier alpha value is -0.830. The van der Waals surface area contributed by atoms with Crippen molar-refractivity contribution in [1.29, 1.82) is 0 Å². The molecule has 0 bridgehead atoms. The van der Waals surface area contributed by atoms with Gasteiger partial charge in [-0.25, -0.2) is 4.79 Å². The van der Waals surface area contributed by atoms with Crippen molar-refractivity contribution in [2.75, 3.05) is 13.1 Å². The van der Waals surface area contributed by atoms with Crippen molar-refractivity contribution >= 4 is 5.97 Å². The molecule has 1 saturated heterocycles. The second-order valence-corrected chi connectivity index (χ2v) is 2.80. The predicted molar refractivity (Wildman–Crippen MR) is 42.4 cm³/mol. The van der Waals surface area contributed by atoms with Crippen LogP contribution >= 0.6 is 0 Å². The van der Waals surface area contributed by atoms with Crippen LogP contribution in [0, 0.1) is 5.92 Å². The van der Waals surface area contributed by atoms with Gasteiger partial charge in [0.05, 0.1) is 0 Å². The Kier molecular flexibility index (Phi) is 3.11. The largest absolute Gasteiger partial charge is 0.478 e. The van der Waals surface area contributed by atoms with E-state index in [9.17, 15) is 4.79 Å². The molecule has 1 fully saturated rings. The number of carboxylic acid groups (broad SMARTS) is 1. The normalized spacial score (nSPS) is 25.6. The number of hydrogen-bond acceptors (Lipinski definition) is 2. The van der Waals surface area contributed by atoms with Crippen molar-refractivity contribution in [2.45, 2.75) is 12.8 Å². The average Bonchev–Trinajstić information content (AvgIpc) is 2.03. The smallest absolute Gasteiger partial charge is 0.327 e. The molecule has 0 aromatic carbocycles. The van der Waals surface area contributed by atoms with E-state index >= 15 is 0 Å². The third-order valence-corrected chi connectivity index (χ3v) is 1.85. The van der Waals surface area contributed by atoms with E-state index in [2.05, 4.69) is 5.32 Å². The second-order valence-electron chi connectivity index (χ2n) is 2.80. The lowest BCUT2D eigenvalue weighted by molar-refractivity contribution is -0.131. The highest BCUT2D eigenvalue weighted by Crippen LogP contribution is 2.10. The van der Waals surface area contributed by atoms with E-state index in [1.165, 1.54) is 6.08 Å². The lowest BCUT2D eigenvalue weighted by Gasteiger charge is -2.18. The lowest BCUT2D eigenvalue weighted by atomic mass is 9.99. The van der Waals surface area contributed by atoms with Crippen LogP contribution in [0.2, 0.25) is 0 Å². The first-order valence-electron chi connectivity index (χ1n) is 3.91. The molecule has 1 aliphatic rings. The van der Waals surface area contributed by atoms with Gasteiger partial charge in [-0.3, -0.25) is 0 Å². The number of nitrogens with one attached hydrogen (secondary N) is 1. The molecule has 0 saturated carbocycles. The van der Waals surface area contributed by atoms with E-state index in [1.54, 1.807) is 6.08 Å². The number of carboxylic acids is 1.